The van der Waals surface area contributed by atoms with Gasteiger partial charge in [-0.1, -0.05) is 47.6 Å². The fraction of sp³-hybridized carbons (Fsp3) is 0.839. The number of carbonyl (C=O) groups excluding carboxylic acids is 2. The normalized spacial score (nSPS) is 50.7. The molecule has 9 atom stereocenters. The van der Waals surface area contributed by atoms with E-state index in [1.54, 1.807) is 0 Å². The molecule has 0 amide bonds. The van der Waals surface area contributed by atoms with Gasteiger partial charge >= 0.3 is 0 Å². The Kier molecular flexibility index (Phi) is 5.59. The minimum atomic E-state index is -0.290. The zero-order valence-corrected chi connectivity index (χ0v) is 23.0. The number of nitrogens with zero attached hydrogens (tertiary/aromatic N) is 1. The molecule has 4 heteroatoms. The van der Waals surface area contributed by atoms with Crippen molar-refractivity contribution < 1.29 is 14.3 Å². The van der Waals surface area contributed by atoms with Crippen LogP contribution in [0, 0.1) is 68.0 Å². The van der Waals surface area contributed by atoms with E-state index in [2.05, 4.69) is 40.7 Å². The SMILES string of the molecule is COCC12CCC(C)(C)CC1C1C(=O)CC3C4(C)C=C(C#N)C(=O)C(C)C4CCC3(C)C1(C)CC2. The van der Waals surface area contributed by atoms with E-state index in [0.29, 0.717) is 23.7 Å². The summed E-state index contributed by atoms with van der Waals surface area (Å²) in [5.74, 6) is 1.13. The van der Waals surface area contributed by atoms with Gasteiger partial charge in [0.25, 0.3) is 0 Å². The first-order valence-electron chi connectivity index (χ1n) is 14.0. The van der Waals surface area contributed by atoms with Crippen molar-refractivity contribution in [3.05, 3.63) is 11.6 Å². The maximum absolute atomic E-state index is 14.4. The van der Waals surface area contributed by atoms with Crippen molar-refractivity contribution in [1.29, 1.82) is 5.26 Å². The minimum Gasteiger partial charge on any atom is -0.384 e. The lowest BCUT2D eigenvalue weighted by molar-refractivity contribution is -0.224. The molecule has 5 rings (SSSR count). The van der Waals surface area contributed by atoms with Gasteiger partial charge in [-0.3, -0.25) is 9.59 Å². The van der Waals surface area contributed by atoms with Gasteiger partial charge in [0.05, 0.1) is 12.2 Å². The van der Waals surface area contributed by atoms with Gasteiger partial charge in [0, 0.05) is 25.4 Å². The predicted octanol–water partition coefficient (Wildman–Crippen LogP) is 6.54. The quantitative estimate of drug-likeness (QED) is 0.451. The fourth-order valence-corrected chi connectivity index (χ4v) is 10.6. The first-order valence-corrected chi connectivity index (χ1v) is 14.0. The molecular weight excluding hydrogens is 434 g/mol. The Morgan fingerprint density at radius 2 is 1.69 bits per heavy atom. The average molecular weight is 480 g/mol. The minimum absolute atomic E-state index is 0.00347. The van der Waals surface area contributed by atoms with Crippen LogP contribution in [0.5, 0.6) is 0 Å². The first-order chi connectivity index (χ1) is 16.3. The monoisotopic (exact) mass is 479 g/mol. The third-order valence-electron chi connectivity index (χ3n) is 12.7. The van der Waals surface area contributed by atoms with Crippen LogP contribution >= 0.6 is 0 Å². The van der Waals surface area contributed by atoms with Crippen molar-refractivity contribution in [2.24, 2.45) is 56.7 Å². The first kappa shape index (κ1) is 25.2. The predicted molar refractivity (Wildman–Crippen MR) is 136 cm³/mol. The molecule has 0 aromatic heterocycles. The molecule has 0 bridgehead atoms. The number of hydrogen-bond acceptors (Lipinski definition) is 4. The van der Waals surface area contributed by atoms with Crippen LogP contribution in [0.4, 0.5) is 0 Å². The molecule has 0 aliphatic heterocycles. The number of fused-ring (bicyclic) bond motifs is 7. The van der Waals surface area contributed by atoms with Gasteiger partial charge in [0.2, 0.25) is 0 Å². The van der Waals surface area contributed by atoms with Crippen molar-refractivity contribution in [3.8, 4) is 6.07 Å². The molecule has 0 aromatic rings. The number of hydrogen-bond donors (Lipinski definition) is 0. The Labute approximate surface area is 212 Å². The summed E-state index contributed by atoms with van der Waals surface area (Å²) in [4.78, 5) is 27.3. The van der Waals surface area contributed by atoms with E-state index in [1.165, 1.54) is 6.42 Å². The van der Waals surface area contributed by atoms with E-state index in [0.717, 1.165) is 45.1 Å². The number of Topliss-reactive ketones (excluding diaryl/α,β-unsaturated/α-hetero) is 2. The zero-order valence-electron chi connectivity index (χ0n) is 23.0. The highest BCUT2D eigenvalue weighted by atomic mass is 16.5. The van der Waals surface area contributed by atoms with Crippen molar-refractivity contribution in [2.75, 3.05) is 13.7 Å². The topological polar surface area (TPSA) is 67.2 Å². The lowest BCUT2D eigenvalue weighted by Crippen LogP contribution is -2.68. The standard InChI is InChI=1S/C31H45NO3/c1-19-21-8-9-29(5)24(28(21,4)15-20(17-32)26(19)34)14-23(33)25-22-16-27(2,3)10-12-31(22,18-35-7)13-11-30(25,29)6/h15,19,21-22,24-25H,8-14,16,18H2,1-7H3. The average Bonchev–Trinajstić information content (AvgIpc) is 2.79. The molecular formula is C31H45NO3. The van der Waals surface area contributed by atoms with Crippen molar-refractivity contribution in [1.82, 2.24) is 0 Å². The molecule has 4 fully saturated rings. The number of carbonyl (C=O) groups is 2. The molecule has 0 radical (unpaired) electrons. The second-order valence-electron chi connectivity index (χ2n) is 14.6. The second kappa shape index (κ2) is 7.77. The fourth-order valence-electron chi connectivity index (χ4n) is 10.6. The summed E-state index contributed by atoms with van der Waals surface area (Å²) in [6.45, 7) is 14.7. The van der Waals surface area contributed by atoms with Gasteiger partial charge < -0.3 is 4.74 Å². The third kappa shape index (κ3) is 3.19. The molecule has 0 N–H and O–H groups in total. The van der Waals surface area contributed by atoms with Crippen LogP contribution in [-0.4, -0.2) is 25.3 Å². The molecule has 192 valence electrons. The van der Waals surface area contributed by atoms with Crippen LogP contribution in [0.15, 0.2) is 11.6 Å². The van der Waals surface area contributed by atoms with Crippen LogP contribution in [0.25, 0.3) is 0 Å². The number of allylic oxidation sites excluding steroid dienone is 2. The lowest BCUT2D eigenvalue weighted by atomic mass is 9.32. The molecule has 0 heterocycles. The second-order valence-corrected chi connectivity index (χ2v) is 14.6. The molecule has 9 unspecified atom stereocenters. The highest BCUT2D eigenvalue weighted by molar-refractivity contribution is 6.01. The molecule has 5 aliphatic carbocycles. The largest absolute Gasteiger partial charge is 0.384 e. The van der Waals surface area contributed by atoms with Crippen LogP contribution in [0.3, 0.4) is 0 Å². The maximum atomic E-state index is 14.4. The van der Waals surface area contributed by atoms with E-state index in [9.17, 15) is 14.9 Å². The highest BCUT2D eigenvalue weighted by Gasteiger charge is 2.71. The Hall–Kier alpha value is -1.47. The number of ketones is 2. The summed E-state index contributed by atoms with van der Waals surface area (Å²) in [6.07, 6.45) is 10.3. The Morgan fingerprint density at radius 1 is 1.00 bits per heavy atom. The van der Waals surface area contributed by atoms with Crippen molar-refractivity contribution in [3.63, 3.8) is 0 Å². The van der Waals surface area contributed by atoms with Gasteiger partial charge in [-0.2, -0.15) is 5.26 Å². The molecule has 0 spiro atoms. The number of rotatable bonds is 2. The van der Waals surface area contributed by atoms with Crippen LogP contribution in [-0.2, 0) is 14.3 Å². The molecule has 5 aliphatic rings. The maximum Gasteiger partial charge on any atom is 0.176 e. The van der Waals surface area contributed by atoms with Crippen molar-refractivity contribution >= 4 is 11.6 Å². The van der Waals surface area contributed by atoms with Gasteiger partial charge in [-0.15, -0.1) is 0 Å². The van der Waals surface area contributed by atoms with E-state index < -0.39 is 0 Å². The zero-order chi connectivity index (χ0) is 25.6. The molecule has 0 saturated heterocycles. The summed E-state index contributed by atoms with van der Waals surface area (Å²) in [5, 5.41) is 9.77. The third-order valence-corrected chi connectivity index (χ3v) is 12.7. The Balaban J connectivity index is 1.61. The van der Waals surface area contributed by atoms with Gasteiger partial charge in [-0.25, -0.2) is 0 Å². The van der Waals surface area contributed by atoms with Crippen LogP contribution in [0.1, 0.15) is 92.9 Å². The van der Waals surface area contributed by atoms with Gasteiger partial charge in [0.15, 0.2) is 5.78 Å². The summed E-state index contributed by atoms with van der Waals surface area (Å²) in [5.41, 5.74) is 0.342. The molecule has 4 nitrogen and oxygen atoms in total. The summed E-state index contributed by atoms with van der Waals surface area (Å²) < 4.78 is 5.84. The Bertz CT molecular complexity index is 1020. The number of methoxy groups -OCH3 is 1. The number of nitriles is 1. The van der Waals surface area contributed by atoms with Crippen LogP contribution in [0.2, 0.25) is 0 Å². The molecule has 4 saturated carbocycles. The highest BCUT2D eigenvalue weighted by Crippen LogP contribution is 2.75. The Morgan fingerprint density at radius 3 is 2.34 bits per heavy atom. The van der Waals surface area contributed by atoms with E-state index in [1.807, 2.05) is 20.1 Å². The molecule has 35 heavy (non-hydrogen) atoms. The smallest absolute Gasteiger partial charge is 0.176 e. The van der Waals surface area contributed by atoms with Crippen LogP contribution < -0.4 is 0 Å². The van der Waals surface area contributed by atoms with E-state index in [4.69, 9.17) is 4.74 Å². The summed E-state index contributed by atoms with van der Waals surface area (Å²) in [7, 11) is 1.83. The lowest BCUT2D eigenvalue weighted by Gasteiger charge is -2.71. The molecule has 0 aromatic carbocycles. The van der Waals surface area contributed by atoms with Gasteiger partial charge in [-0.05, 0) is 89.8 Å². The van der Waals surface area contributed by atoms with E-state index >= 15 is 0 Å². The van der Waals surface area contributed by atoms with Gasteiger partial charge in [0.1, 0.15) is 11.9 Å². The van der Waals surface area contributed by atoms with Crippen molar-refractivity contribution in [2.45, 2.75) is 92.9 Å². The number of ether oxygens (including phenoxy) is 1. The summed E-state index contributed by atoms with van der Waals surface area (Å²) >= 11 is 0. The summed E-state index contributed by atoms with van der Waals surface area (Å²) in [6, 6.07) is 2.21. The van der Waals surface area contributed by atoms with E-state index in [-0.39, 0.29) is 56.5 Å².